The topological polar surface area (TPSA) is 45.0 Å². The normalized spacial score (nSPS) is 32.5. The van der Waals surface area contributed by atoms with Gasteiger partial charge in [-0.2, -0.15) is 5.26 Å². The molecule has 20 heavy (non-hydrogen) atoms. The molecule has 0 aromatic heterocycles. The van der Waals surface area contributed by atoms with Crippen LogP contribution in [0.3, 0.4) is 0 Å². The molecule has 0 bridgehead atoms. The van der Waals surface area contributed by atoms with Gasteiger partial charge in [0, 0.05) is 12.6 Å². The number of rotatable bonds is 5. The molecule has 3 heteroatoms. The Morgan fingerprint density at radius 1 is 1.30 bits per heavy atom. The molecular weight excluding hydrogens is 248 g/mol. The Hall–Kier alpha value is -1.37. The van der Waals surface area contributed by atoms with Crippen molar-refractivity contribution in [2.45, 2.75) is 49.7 Å². The van der Waals surface area contributed by atoms with Crippen LogP contribution in [0.5, 0.6) is 0 Å². The van der Waals surface area contributed by atoms with Crippen molar-refractivity contribution in [3.8, 4) is 6.07 Å². The Labute approximate surface area is 120 Å². The average molecular weight is 270 g/mol. The van der Waals surface area contributed by atoms with Crippen molar-refractivity contribution in [2.24, 2.45) is 0 Å². The van der Waals surface area contributed by atoms with Crippen LogP contribution in [0.2, 0.25) is 0 Å². The van der Waals surface area contributed by atoms with Crippen LogP contribution in [-0.4, -0.2) is 25.3 Å². The first-order valence-electron chi connectivity index (χ1n) is 7.64. The van der Waals surface area contributed by atoms with Gasteiger partial charge in [-0.05, 0) is 44.2 Å². The smallest absolute Gasteiger partial charge is 0.0852 e. The molecule has 1 aromatic rings. The summed E-state index contributed by atoms with van der Waals surface area (Å²) in [6, 6.07) is 13.2. The molecule has 1 saturated carbocycles. The molecular formula is C17H22N2O. The lowest BCUT2D eigenvalue weighted by molar-refractivity contribution is 0.101. The Morgan fingerprint density at radius 3 is 2.75 bits per heavy atom. The maximum absolute atomic E-state index is 9.51. The molecule has 0 amide bonds. The Morgan fingerprint density at radius 2 is 2.10 bits per heavy atom. The fourth-order valence-corrected chi connectivity index (χ4v) is 3.39. The molecule has 3 nitrogen and oxygen atoms in total. The number of ether oxygens (including phenoxy) is 1. The summed E-state index contributed by atoms with van der Waals surface area (Å²) in [5.74, 6) is 0. The highest BCUT2D eigenvalue weighted by Gasteiger charge is 2.45. The summed E-state index contributed by atoms with van der Waals surface area (Å²) in [4.78, 5) is 0. The third-order valence-corrected chi connectivity index (χ3v) is 4.65. The average Bonchev–Trinajstić information content (AvgIpc) is 2.96. The largest absolute Gasteiger partial charge is 0.378 e. The molecule has 1 aliphatic heterocycles. The summed E-state index contributed by atoms with van der Waals surface area (Å²) in [5.41, 5.74) is 0.905. The Kier molecular flexibility index (Phi) is 4.05. The number of nitriles is 1. The minimum absolute atomic E-state index is 0.261. The van der Waals surface area contributed by atoms with E-state index >= 15 is 0 Å². The van der Waals surface area contributed by atoms with Gasteiger partial charge in [0.25, 0.3) is 0 Å². The molecule has 0 spiro atoms. The number of benzene rings is 1. The lowest BCUT2D eigenvalue weighted by Gasteiger charge is -2.43. The molecule has 1 heterocycles. The quantitative estimate of drug-likeness (QED) is 0.895. The van der Waals surface area contributed by atoms with Gasteiger partial charge in [-0.15, -0.1) is 0 Å². The molecule has 106 valence electrons. The van der Waals surface area contributed by atoms with Gasteiger partial charge >= 0.3 is 0 Å². The summed E-state index contributed by atoms with van der Waals surface area (Å²) < 4.78 is 5.63. The number of nitrogens with zero attached hydrogens (tertiary/aromatic N) is 1. The Bertz CT molecular complexity index is 468. The van der Waals surface area contributed by atoms with E-state index in [1.807, 2.05) is 18.2 Å². The lowest BCUT2D eigenvalue weighted by Crippen LogP contribution is -2.51. The zero-order valence-electron chi connectivity index (χ0n) is 11.8. The predicted octanol–water partition coefficient (Wildman–Crippen LogP) is 2.77. The lowest BCUT2D eigenvalue weighted by atomic mass is 9.62. The van der Waals surface area contributed by atoms with Crippen LogP contribution in [0.4, 0.5) is 0 Å². The predicted molar refractivity (Wildman–Crippen MR) is 78.3 cm³/mol. The van der Waals surface area contributed by atoms with Crippen molar-refractivity contribution in [3.63, 3.8) is 0 Å². The molecule has 2 fully saturated rings. The van der Waals surface area contributed by atoms with Gasteiger partial charge in [0.05, 0.1) is 17.6 Å². The first kappa shape index (κ1) is 13.6. The van der Waals surface area contributed by atoms with Gasteiger partial charge in [0.1, 0.15) is 0 Å². The monoisotopic (exact) mass is 270 g/mol. The number of hydrogen-bond acceptors (Lipinski definition) is 3. The van der Waals surface area contributed by atoms with Gasteiger partial charge in [-0.1, -0.05) is 30.3 Å². The molecule has 1 aliphatic carbocycles. The maximum atomic E-state index is 9.51. The van der Waals surface area contributed by atoms with Crippen LogP contribution in [0, 0.1) is 11.3 Å². The van der Waals surface area contributed by atoms with Crippen molar-refractivity contribution in [2.75, 3.05) is 13.2 Å². The second-order valence-electron chi connectivity index (χ2n) is 6.04. The van der Waals surface area contributed by atoms with Crippen molar-refractivity contribution < 1.29 is 4.74 Å². The van der Waals surface area contributed by atoms with Crippen molar-refractivity contribution in [3.05, 3.63) is 35.9 Å². The van der Waals surface area contributed by atoms with Crippen LogP contribution in [-0.2, 0) is 10.2 Å². The van der Waals surface area contributed by atoms with Crippen LogP contribution in [0.25, 0.3) is 0 Å². The highest BCUT2D eigenvalue weighted by Crippen LogP contribution is 2.43. The second kappa shape index (κ2) is 5.95. The summed E-state index contributed by atoms with van der Waals surface area (Å²) in [7, 11) is 0. The molecule has 3 rings (SSSR count). The Balaban J connectivity index is 1.46. The second-order valence-corrected chi connectivity index (χ2v) is 6.04. The third-order valence-electron chi connectivity index (χ3n) is 4.65. The third kappa shape index (κ3) is 2.72. The van der Waals surface area contributed by atoms with Crippen LogP contribution in [0.1, 0.15) is 37.7 Å². The van der Waals surface area contributed by atoms with Crippen LogP contribution < -0.4 is 5.32 Å². The van der Waals surface area contributed by atoms with Gasteiger partial charge in [0.15, 0.2) is 0 Å². The highest BCUT2D eigenvalue weighted by atomic mass is 16.5. The molecule has 2 aliphatic rings. The SMILES string of the molecule is N#CC1(c2ccccc2)CC(NCCC2CCCO2)C1. The van der Waals surface area contributed by atoms with Crippen LogP contribution >= 0.6 is 0 Å². The van der Waals surface area contributed by atoms with E-state index in [9.17, 15) is 5.26 Å². The van der Waals surface area contributed by atoms with E-state index in [0.717, 1.165) is 32.4 Å². The number of hydrogen-bond donors (Lipinski definition) is 1. The van der Waals surface area contributed by atoms with Crippen molar-refractivity contribution in [1.82, 2.24) is 5.32 Å². The zero-order valence-corrected chi connectivity index (χ0v) is 11.8. The van der Waals surface area contributed by atoms with E-state index in [4.69, 9.17) is 4.74 Å². The first-order valence-corrected chi connectivity index (χ1v) is 7.64. The van der Waals surface area contributed by atoms with E-state index in [1.54, 1.807) is 0 Å². The summed E-state index contributed by atoms with van der Waals surface area (Å²) in [6.07, 6.45) is 5.83. The molecule has 1 aromatic carbocycles. The fourth-order valence-electron chi connectivity index (χ4n) is 3.39. The van der Waals surface area contributed by atoms with Gasteiger partial charge in [-0.3, -0.25) is 0 Å². The molecule has 1 atom stereocenters. The summed E-state index contributed by atoms with van der Waals surface area (Å²) >= 11 is 0. The minimum Gasteiger partial charge on any atom is -0.378 e. The highest BCUT2D eigenvalue weighted by molar-refractivity contribution is 5.36. The first-order chi connectivity index (χ1) is 9.82. The van der Waals surface area contributed by atoms with Crippen LogP contribution in [0.15, 0.2) is 30.3 Å². The zero-order chi connectivity index (χ0) is 13.8. The van der Waals surface area contributed by atoms with E-state index in [-0.39, 0.29) is 5.41 Å². The summed E-state index contributed by atoms with van der Waals surface area (Å²) in [6.45, 7) is 1.94. The van der Waals surface area contributed by atoms with Gasteiger partial charge in [0.2, 0.25) is 0 Å². The van der Waals surface area contributed by atoms with Crippen molar-refractivity contribution >= 4 is 0 Å². The molecule has 0 radical (unpaired) electrons. The number of nitrogens with one attached hydrogen (secondary N) is 1. The van der Waals surface area contributed by atoms with Gasteiger partial charge in [-0.25, -0.2) is 0 Å². The molecule has 1 N–H and O–H groups in total. The van der Waals surface area contributed by atoms with E-state index in [2.05, 4.69) is 23.5 Å². The fraction of sp³-hybridized carbons (Fsp3) is 0.588. The summed E-state index contributed by atoms with van der Waals surface area (Å²) in [5, 5.41) is 13.1. The minimum atomic E-state index is -0.261. The maximum Gasteiger partial charge on any atom is 0.0852 e. The standard InChI is InChI=1S/C17H22N2O/c18-13-17(14-5-2-1-3-6-14)11-15(12-17)19-9-8-16-7-4-10-20-16/h1-3,5-6,15-16,19H,4,7-12H2. The van der Waals surface area contributed by atoms with E-state index in [1.165, 1.54) is 18.4 Å². The van der Waals surface area contributed by atoms with Gasteiger partial charge < -0.3 is 10.1 Å². The molecule has 1 unspecified atom stereocenters. The van der Waals surface area contributed by atoms with E-state index in [0.29, 0.717) is 12.1 Å². The molecule has 1 saturated heterocycles. The van der Waals surface area contributed by atoms with Crippen molar-refractivity contribution in [1.29, 1.82) is 5.26 Å². The van der Waals surface area contributed by atoms with E-state index < -0.39 is 0 Å².